The Balaban J connectivity index is 3.27. The molecule has 0 unspecified atom stereocenters. The third-order valence-corrected chi connectivity index (χ3v) is 5.02. The van der Waals surface area contributed by atoms with Crippen LogP contribution in [0.25, 0.3) is 0 Å². The molecule has 10 heteroatoms. The van der Waals surface area contributed by atoms with E-state index in [2.05, 4.69) is 0 Å². The van der Waals surface area contributed by atoms with E-state index in [4.69, 9.17) is 4.74 Å². The van der Waals surface area contributed by atoms with E-state index in [0.29, 0.717) is 0 Å². The van der Waals surface area contributed by atoms with Crippen LogP contribution in [0.1, 0.15) is 13.8 Å². The maximum Gasteiger partial charge on any atom is 0.321 e. The third-order valence-electron chi connectivity index (χ3n) is 2.47. The van der Waals surface area contributed by atoms with Crippen LogP contribution in [0.2, 0.25) is 0 Å². The second kappa shape index (κ2) is 6.97. The fraction of sp³-hybridized carbons (Fsp3) is 0.417. The van der Waals surface area contributed by atoms with Gasteiger partial charge in [0.25, 0.3) is 5.69 Å². The number of hydrogen-bond acceptors (Lipinski definition) is 7. The Labute approximate surface area is 130 Å². The monoisotopic (exact) mass is 349 g/mol. The minimum atomic E-state index is -4.24. The maximum absolute atomic E-state index is 12.1. The first-order valence-electron chi connectivity index (χ1n) is 6.08. The highest BCUT2D eigenvalue weighted by molar-refractivity contribution is 7.92. The molecule has 0 amide bonds. The Morgan fingerprint density at radius 2 is 2.00 bits per heavy atom. The molecule has 0 spiro atoms. The van der Waals surface area contributed by atoms with Gasteiger partial charge >= 0.3 is 5.97 Å². The number of ether oxygens (including phenoxy) is 1. The van der Waals surface area contributed by atoms with Crippen molar-refractivity contribution in [3.05, 3.63) is 28.3 Å². The van der Waals surface area contributed by atoms with Crippen molar-refractivity contribution in [3.63, 3.8) is 0 Å². The molecular weight excluding hydrogens is 334 g/mol. The highest BCUT2D eigenvalue weighted by Crippen LogP contribution is 2.27. The predicted octanol–water partition coefficient (Wildman–Crippen LogP) is 1.06. The lowest BCUT2D eigenvalue weighted by Gasteiger charge is -2.09. The van der Waals surface area contributed by atoms with Crippen molar-refractivity contribution in [2.45, 2.75) is 29.7 Å². The van der Waals surface area contributed by atoms with Gasteiger partial charge in [-0.05, 0) is 26.0 Å². The zero-order chi connectivity index (χ0) is 17.1. The molecule has 0 saturated carbocycles. The molecule has 0 saturated heterocycles. The van der Waals surface area contributed by atoms with E-state index in [1.54, 1.807) is 13.8 Å². The van der Waals surface area contributed by atoms with Gasteiger partial charge in [0.1, 0.15) is 4.90 Å². The molecule has 8 nitrogen and oxygen atoms in total. The molecule has 0 N–H and O–H groups in total. The molecule has 1 aromatic rings. The number of carbonyl (C=O) groups is 1. The van der Waals surface area contributed by atoms with Crippen molar-refractivity contribution in [1.29, 1.82) is 0 Å². The fourth-order valence-corrected chi connectivity index (χ4v) is 3.41. The predicted molar refractivity (Wildman–Crippen MR) is 78.7 cm³/mol. The van der Waals surface area contributed by atoms with Crippen molar-refractivity contribution < 1.29 is 27.1 Å². The molecule has 0 aromatic heterocycles. The fourth-order valence-electron chi connectivity index (χ4n) is 1.61. The van der Waals surface area contributed by atoms with Gasteiger partial charge in [-0.3, -0.25) is 19.1 Å². The van der Waals surface area contributed by atoms with Gasteiger partial charge in [0, 0.05) is 17.2 Å². The topological polar surface area (TPSA) is 121 Å². The third kappa shape index (κ3) is 4.60. The zero-order valence-electron chi connectivity index (χ0n) is 12.1. The van der Waals surface area contributed by atoms with E-state index < -0.39 is 54.0 Å². The average Bonchev–Trinajstić information content (AvgIpc) is 2.35. The van der Waals surface area contributed by atoms with Crippen LogP contribution in [0.15, 0.2) is 28.0 Å². The Morgan fingerprint density at radius 1 is 1.41 bits per heavy atom. The van der Waals surface area contributed by atoms with Crippen LogP contribution >= 0.6 is 0 Å². The number of hydrogen-bond donors (Lipinski definition) is 0. The van der Waals surface area contributed by atoms with E-state index in [9.17, 15) is 27.5 Å². The van der Waals surface area contributed by atoms with Gasteiger partial charge in [0.2, 0.25) is 0 Å². The highest BCUT2D eigenvalue weighted by atomic mass is 32.2. The first-order valence-corrected chi connectivity index (χ1v) is 9.29. The molecule has 0 aliphatic carbocycles. The lowest BCUT2D eigenvalue weighted by atomic mass is 10.3. The van der Waals surface area contributed by atoms with Crippen LogP contribution in [0.4, 0.5) is 5.69 Å². The first kappa shape index (κ1) is 18.2. The van der Waals surface area contributed by atoms with Crippen molar-refractivity contribution in [1.82, 2.24) is 0 Å². The Bertz CT molecular complexity index is 725. The molecular formula is C12H15NO7S2. The second-order valence-electron chi connectivity index (χ2n) is 4.64. The van der Waals surface area contributed by atoms with Crippen LogP contribution < -0.4 is 0 Å². The minimum Gasteiger partial charge on any atom is -0.462 e. The standard InChI is InChI=1S/C12H15NO7S2/c1-8(2)20-12(14)7-22(18,19)11-5-4-9(21(3)17)6-10(11)13(15)16/h4-6,8H,7H2,1-3H3/t21-/m0/s1. The van der Waals surface area contributed by atoms with E-state index in [-0.39, 0.29) is 4.90 Å². The number of nitro benzene ring substituents is 1. The van der Waals surface area contributed by atoms with Gasteiger partial charge in [0.05, 0.1) is 21.8 Å². The number of sulfone groups is 1. The van der Waals surface area contributed by atoms with Gasteiger partial charge in [-0.15, -0.1) is 0 Å². The molecule has 0 aliphatic rings. The summed E-state index contributed by atoms with van der Waals surface area (Å²) in [5.74, 6) is -1.99. The summed E-state index contributed by atoms with van der Waals surface area (Å²) >= 11 is 0. The summed E-state index contributed by atoms with van der Waals surface area (Å²) in [5, 5.41) is 11.0. The molecule has 122 valence electrons. The average molecular weight is 349 g/mol. The second-order valence-corrected chi connectivity index (χ2v) is 7.98. The van der Waals surface area contributed by atoms with E-state index in [1.807, 2.05) is 0 Å². The van der Waals surface area contributed by atoms with E-state index in [1.165, 1.54) is 12.3 Å². The molecule has 1 aromatic carbocycles. The SMILES string of the molecule is CC(C)OC(=O)CS(=O)(=O)c1ccc([S@](C)=O)cc1[N+](=O)[O-]. The minimum absolute atomic E-state index is 0.121. The molecule has 0 fully saturated rings. The van der Waals surface area contributed by atoms with E-state index in [0.717, 1.165) is 12.1 Å². The zero-order valence-corrected chi connectivity index (χ0v) is 13.8. The number of benzene rings is 1. The summed E-state index contributed by atoms with van der Waals surface area (Å²) in [7, 11) is -5.74. The maximum atomic E-state index is 12.1. The molecule has 22 heavy (non-hydrogen) atoms. The van der Waals surface area contributed by atoms with Gasteiger partial charge in [-0.1, -0.05) is 0 Å². The smallest absolute Gasteiger partial charge is 0.321 e. The molecule has 0 radical (unpaired) electrons. The molecule has 0 heterocycles. The van der Waals surface area contributed by atoms with Crippen LogP contribution in [0.3, 0.4) is 0 Å². The number of carbonyl (C=O) groups excluding carboxylic acids is 1. The summed E-state index contributed by atoms with van der Waals surface area (Å²) in [6.07, 6.45) is 0.815. The van der Waals surface area contributed by atoms with Gasteiger partial charge in [-0.2, -0.15) is 0 Å². The Morgan fingerprint density at radius 3 is 2.45 bits per heavy atom. The van der Waals surface area contributed by atoms with Crippen molar-refractivity contribution in [2.75, 3.05) is 12.0 Å². The van der Waals surface area contributed by atoms with E-state index >= 15 is 0 Å². The number of esters is 1. The summed E-state index contributed by atoms with van der Waals surface area (Å²) in [6, 6.07) is 3.12. The summed E-state index contributed by atoms with van der Waals surface area (Å²) in [6.45, 7) is 3.11. The lowest BCUT2D eigenvalue weighted by molar-refractivity contribution is -0.388. The van der Waals surface area contributed by atoms with Gasteiger partial charge in [0.15, 0.2) is 15.6 Å². The van der Waals surface area contributed by atoms with Crippen LogP contribution in [0.5, 0.6) is 0 Å². The van der Waals surface area contributed by atoms with Crippen molar-refractivity contribution >= 4 is 32.3 Å². The molecule has 0 bridgehead atoms. The molecule has 0 aliphatic heterocycles. The van der Waals surface area contributed by atoms with Gasteiger partial charge in [-0.25, -0.2) is 8.42 Å². The summed E-state index contributed by atoms with van der Waals surface area (Å²) < 4.78 is 40.4. The molecule has 1 atom stereocenters. The van der Waals surface area contributed by atoms with Crippen molar-refractivity contribution in [2.24, 2.45) is 0 Å². The Hall–Kier alpha value is -1.81. The number of rotatable bonds is 6. The lowest BCUT2D eigenvalue weighted by Crippen LogP contribution is -2.22. The summed E-state index contributed by atoms with van der Waals surface area (Å²) in [4.78, 5) is 21.1. The van der Waals surface area contributed by atoms with Crippen LogP contribution in [0, 0.1) is 10.1 Å². The first-order chi connectivity index (χ1) is 10.0. The number of nitrogens with zero attached hydrogens (tertiary/aromatic N) is 1. The Kier molecular flexibility index (Phi) is 5.78. The van der Waals surface area contributed by atoms with Crippen molar-refractivity contribution in [3.8, 4) is 0 Å². The number of nitro groups is 1. The van der Waals surface area contributed by atoms with Crippen LogP contribution in [-0.4, -0.2) is 41.6 Å². The molecule has 1 rings (SSSR count). The summed E-state index contributed by atoms with van der Waals surface area (Å²) in [5.41, 5.74) is -0.718. The normalized spacial score (nSPS) is 12.9. The van der Waals surface area contributed by atoms with Gasteiger partial charge < -0.3 is 4.74 Å². The quantitative estimate of drug-likeness (QED) is 0.427. The largest absolute Gasteiger partial charge is 0.462 e. The van der Waals surface area contributed by atoms with Crippen LogP contribution in [-0.2, 0) is 30.2 Å². The highest BCUT2D eigenvalue weighted by Gasteiger charge is 2.29.